The van der Waals surface area contributed by atoms with E-state index in [1.54, 1.807) is 6.08 Å². The van der Waals surface area contributed by atoms with Crippen LogP contribution in [0.1, 0.15) is 22.5 Å². The maximum absolute atomic E-state index is 13.1. The summed E-state index contributed by atoms with van der Waals surface area (Å²) in [4.78, 5) is 39.0. The summed E-state index contributed by atoms with van der Waals surface area (Å²) in [6.45, 7) is 3.17. The second kappa shape index (κ2) is 10.8. The highest BCUT2D eigenvalue weighted by atomic mass is 127. The number of methoxy groups -OCH3 is 1. The van der Waals surface area contributed by atoms with E-state index in [0.717, 1.165) is 49.3 Å². The number of benzene rings is 2. The molecule has 198 valence electrons. The molecular formula is C26H21F3IN3O4S. The van der Waals surface area contributed by atoms with Crippen LogP contribution in [0.2, 0.25) is 0 Å². The lowest BCUT2D eigenvalue weighted by Gasteiger charge is -2.16. The fourth-order valence-corrected chi connectivity index (χ4v) is 5.20. The SMILES string of the molecule is COc1ccc(C(F)(F)F)cc1NC(=O)CN1C(=O)S/C(=C\c2cc(C)n(-c3ccc(I)cc3)c2C)C1=O. The number of halogens is 4. The first-order valence-corrected chi connectivity index (χ1v) is 13.0. The smallest absolute Gasteiger partial charge is 0.416 e. The van der Waals surface area contributed by atoms with Gasteiger partial charge in [0.15, 0.2) is 0 Å². The Balaban J connectivity index is 1.53. The lowest BCUT2D eigenvalue weighted by atomic mass is 10.1. The van der Waals surface area contributed by atoms with Gasteiger partial charge in [-0.05, 0) is 108 Å². The number of carbonyl (C=O) groups excluding carboxylic acids is 3. The van der Waals surface area contributed by atoms with Crippen LogP contribution in [-0.4, -0.2) is 40.2 Å². The van der Waals surface area contributed by atoms with Crippen LogP contribution in [0.4, 0.5) is 23.7 Å². The molecule has 0 spiro atoms. The number of rotatable bonds is 6. The Morgan fingerprint density at radius 1 is 1.11 bits per heavy atom. The number of imide groups is 1. The minimum Gasteiger partial charge on any atom is -0.495 e. The third-order valence-corrected chi connectivity index (χ3v) is 7.44. The number of amides is 3. The van der Waals surface area contributed by atoms with E-state index in [4.69, 9.17) is 4.74 Å². The minimum absolute atomic E-state index is 0.00358. The predicted octanol–water partition coefficient (Wildman–Crippen LogP) is 6.40. The van der Waals surface area contributed by atoms with E-state index in [-0.39, 0.29) is 16.3 Å². The van der Waals surface area contributed by atoms with E-state index >= 15 is 0 Å². The van der Waals surface area contributed by atoms with Gasteiger partial charge in [-0.2, -0.15) is 13.2 Å². The molecular weight excluding hydrogens is 634 g/mol. The largest absolute Gasteiger partial charge is 0.495 e. The van der Waals surface area contributed by atoms with E-state index in [1.807, 2.05) is 48.7 Å². The number of nitrogens with one attached hydrogen (secondary N) is 1. The number of thioether (sulfide) groups is 1. The van der Waals surface area contributed by atoms with Gasteiger partial charge in [0.2, 0.25) is 5.91 Å². The van der Waals surface area contributed by atoms with E-state index in [9.17, 15) is 27.6 Å². The Morgan fingerprint density at radius 2 is 1.79 bits per heavy atom. The summed E-state index contributed by atoms with van der Waals surface area (Å²) in [6, 6.07) is 12.5. The zero-order chi connectivity index (χ0) is 27.8. The molecule has 0 radical (unpaired) electrons. The van der Waals surface area contributed by atoms with Gasteiger partial charge in [0.25, 0.3) is 11.1 Å². The summed E-state index contributed by atoms with van der Waals surface area (Å²) < 4.78 is 47.4. The first-order valence-electron chi connectivity index (χ1n) is 11.1. The Kier molecular flexibility index (Phi) is 7.93. The highest BCUT2D eigenvalue weighted by Crippen LogP contribution is 2.36. The van der Waals surface area contributed by atoms with Crippen molar-refractivity contribution in [1.29, 1.82) is 0 Å². The first-order chi connectivity index (χ1) is 17.9. The van der Waals surface area contributed by atoms with Gasteiger partial charge in [-0.3, -0.25) is 19.3 Å². The van der Waals surface area contributed by atoms with Crippen LogP contribution in [0.25, 0.3) is 11.8 Å². The van der Waals surface area contributed by atoms with Crippen molar-refractivity contribution in [2.45, 2.75) is 20.0 Å². The lowest BCUT2D eigenvalue weighted by molar-refractivity contribution is -0.137. The molecule has 0 bridgehead atoms. The molecule has 1 N–H and O–H groups in total. The number of aromatic nitrogens is 1. The molecule has 7 nitrogen and oxygen atoms in total. The maximum atomic E-state index is 13.1. The van der Waals surface area contributed by atoms with Crippen molar-refractivity contribution in [3.05, 3.63) is 79.5 Å². The van der Waals surface area contributed by atoms with Crippen molar-refractivity contribution in [3.63, 3.8) is 0 Å². The summed E-state index contributed by atoms with van der Waals surface area (Å²) in [5.41, 5.74) is 2.29. The summed E-state index contributed by atoms with van der Waals surface area (Å²) in [5, 5.41) is 1.65. The van der Waals surface area contributed by atoms with Crippen molar-refractivity contribution in [1.82, 2.24) is 9.47 Å². The lowest BCUT2D eigenvalue weighted by Crippen LogP contribution is -2.36. The second-order valence-electron chi connectivity index (χ2n) is 8.37. The molecule has 12 heteroatoms. The quantitative estimate of drug-likeness (QED) is 0.246. The molecule has 3 aromatic rings. The first kappa shape index (κ1) is 27.8. The molecule has 0 unspecified atom stereocenters. The van der Waals surface area contributed by atoms with Crippen molar-refractivity contribution in [2.75, 3.05) is 19.0 Å². The molecule has 38 heavy (non-hydrogen) atoms. The number of alkyl halides is 3. The highest BCUT2D eigenvalue weighted by molar-refractivity contribution is 14.1. The third-order valence-electron chi connectivity index (χ3n) is 5.82. The molecule has 0 atom stereocenters. The average molecular weight is 655 g/mol. The molecule has 1 saturated heterocycles. The molecule has 1 aliphatic heterocycles. The van der Waals surface area contributed by atoms with Crippen LogP contribution in [0.3, 0.4) is 0 Å². The zero-order valence-corrected chi connectivity index (χ0v) is 23.3. The van der Waals surface area contributed by atoms with Crippen molar-refractivity contribution < 1.29 is 32.3 Å². The number of hydrogen-bond donors (Lipinski definition) is 1. The molecule has 0 aliphatic carbocycles. The van der Waals surface area contributed by atoms with Gasteiger partial charge in [0.1, 0.15) is 12.3 Å². The Hall–Kier alpha value is -3.26. The second-order valence-corrected chi connectivity index (χ2v) is 10.6. The molecule has 3 amide bonds. The van der Waals surface area contributed by atoms with Crippen LogP contribution in [-0.2, 0) is 15.8 Å². The van der Waals surface area contributed by atoms with Crippen molar-refractivity contribution in [3.8, 4) is 11.4 Å². The van der Waals surface area contributed by atoms with E-state index in [0.29, 0.717) is 11.8 Å². The molecule has 1 aliphatic rings. The molecule has 1 fully saturated rings. The molecule has 1 aromatic heterocycles. The predicted molar refractivity (Wildman–Crippen MR) is 147 cm³/mol. The van der Waals surface area contributed by atoms with Gasteiger partial charge >= 0.3 is 6.18 Å². The van der Waals surface area contributed by atoms with Crippen molar-refractivity contribution in [2.24, 2.45) is 0 Å². The fourth-order valence-electron chi connectivity index (χ4n) is 4.01. The van der Waals surface area contributed by atoms with Gasteiger partial charge < -0.3 is 14.6 Å². The van der Waals surface area contributed by atoms with Gasteiger partial charge in [-0.25, -0.2) is 0 Å². The molecule has 4 rings (SSSR count). The molecule has 2 heterocycles. The summed E-state index contributed by atoms with van der Waals surface area (Å²) in [6.07, 6.45) is -3.03. The number of anilines is 1. The highest BCUT2D eigenvalue weighted by Gasteiger charge is 2.37. The van der Waals surface area contributed by atoms with Gasteiger partial charge in [-0.15, -0.1) is 0 Å². The monoisotopic (exact) mass is 655 g/mol. The van der Waals surface area contributed by atoms with Crippen LogP contribution in [0, 0.1) is 17.4 Å². The van der Waals surface area contributed by atoms with Crippen molar-refractivity contribution >= 4 is 63.2 Å². The topological polar surface area (TPSA) is 80.6 Å². The molecule has 0 saturated carbocycles. The Morgan fingerprint density at radius 3 is 2.42 bits per heavy atom. The number of nitrogens with zero attached hydrogens (tertiary/aromatic N) is 2. The maximum Gasteiger partial charge on any atom is 0.416 e. The zero-order valence-electron chi connectivity index (χ0n) is 20.4. The number of ether oxygens (including phenoxy) is 1. The van der Waals surface area contributed by atoms with Crippen LogP contribution >= 0.6 is 34.4 Å². The standard InChI is InChI=1S/C26H21F3IN3O4S/c1-14-10-16(15(2)33(14)19-7-5-18(30)6-8-19)11-22-24(35)32(25(36)38-22)13-23(34)31-20-12-17(26(27,28)29)4-9-21(20)37-3/h4-12H,13H2,1-3H3,(H,31,34)/b22-11-. The van der Waals surface area contributed by atoms with Gasteiger partial charge in [-0.1, -0.05) is 0 Å². The summed E-state index contributed by atoms with van der Waals surface area (Å²) in [5.74, 6) is -1.50. The summed E-state index contributed by atoms with van der Waals surface area (Å²) in [7, 11) is 1.25. The Bertz CT molecular complexity index is 1470. The van der Waals surface area contributed by atoms with Crippen LogP contribution < -0.4 is 10.1 Å². The molecule has 2 aromatic carbocycles. The normalized spacial score (nSPS) is 14.9. The van der Waals surface area contributed by atoms with E-state index in [2.05, 4.69) is 27.9 Å². The number of carbonyl (C=O) groups is 3. The average Bonchev–Trinajstić information content (AvgIpc) is 3.28. The number of hydrogen-bond acceptors (Lipinski definition) is 5. The third kappa shape index (κ3) is 5.75. The minimum atomic E-state index is -4.63. The van der Waals surface area contributed by atoms with Crippen LogP contribution in [0.5, 0.6) is 5.75 Å². The van der Waals surface area contributed by atoms with E-state index in [1.165, 1.54) is 7.11 Å². The fraction of sp³-hybridized carbons (Fsp3) is 0.192. The van der Waals surface area contributed by atoms with Crippen LogP contribution in [0.15, 0.2) is 53.4 Å². The van der Waals surface area contributed by atoms with E-state index < -0.39 is 35.3 Å². The van der Waals surface area contributed by atoms with Gasteiger partial charge in [0.05, 0.1) is 23.3 Å². The number of aryl methyl sites for hydroxylation is 1. The Labute approximate surface area is 234 Å². The van der Waals surface area contributed by atoms with Gasteiger partial charge in [0, 0.05) is 20.6 Å². The summed E-state index contributed by atoms with van der Waals surface area (Å²) >= 11 is 2.92.